The Morgan fingerprint density at radius 3 is 2.00 bits per heavy atom. The van der Waals surface area contributed by atoms with Gasteiger partial charge in [0.25, 0.3) is 7.37 Å². The highest BCUT2D eigenvalue weighted by atomic mass is 31.2. The number of para-hydroxylation sites is 1. The Labute approximate surface area is 172 Å². The second kappa shape index (κ2) is 9.17. The first-order valence-electron chi connectivity index (χ1n) is 9.37. The third kappa shape index (κ3) is 4.64. The standard InChI is InChI=1S/C23H27N2O3P/c1-25(2)20-12-16-22(17-13-20)29(26,28-4)23(24-19-8-6-5-7-9-19)18-10-14-21(27-3)15-11-18/h5-17,23-24H,1-4H3/t23-,29+/m0/s1. The molecule has 0 radical (unpaired) electrons. The molecule has 0 unspecified atom stereocenters. The van der Waals surface area contributed by atoms with Gasteiger partial charge >= 0.3 is 0 Å². The molecule has 5 nitrogen and oxygen atoms in total. The SMILES string of the molecule is COc1ccc([C@@H](Nc2ccccc2)[P@](=O)(OC)c2ccc(N(C)C)cc2)cc1. The number of benzene rings is 3. The molecule has 0 amide bonds. The molecule has 0 aromatic heterocycles. The summed E-state index contributed by atoms with van der Waals surface area (Å²) in [6.07, 6.45) is 0. The monoisotopic (exact) mass is 410 g/mol. The quantitative estimate of drug-likeness (QED) is 0.522. The number of hydrogen-bond donors (Lipinski definition) is 1. The maximum absolute atomic E-state index is 14.2. The van der Waals surface area contributed by atoms with Gasteiger partial charge in [0, 0.05) is 37.9 Å². The van der Waals surface area contributed by atoms with Crippen molar-refractivity contribution in [2.24, 2.45) is 0 Å². The molecular weight excluding hydrogens is 383 g/mol. The Morgan fingerprint density at radius 1 is 0.862 bits per heavy atom. The highest BCUT2D eigenvalue weighted by Crippen LogP contribution is 2.58. The first-order chi connectivity index (χ1) is 14.0. The van der Waals surface area contributed by atoms with E-state index in [0.29, 0.717) is 5.30 Å². The van der Waals surface area contributed by atoms with Crippen molar-refractivity contribution in [1.82, 2.24) is 0 Å². The van der Waals surface area contributed by atoms with E-state index in [2.05, 4.69) is 5.32 Å². The lowest BCUT2D eigenvalue weighted by atomic mass is 10.2. The summed E-state index contributed by atoms with van der Waals surface area (Å²) in [6.45, 7) is 0. The first kappa shape index (κ1) is 21.0. The molecule has 0 saturated heterocycles. The molecule has 1 N–H and O–H groups in total. The number of nitrogens with zero attached hydrogens (tertiary/aromatic N) is 1. The molecule has 2 atom stereocenters. The Balaban J connectivity index is 2.06. The second-order valence-electron chi connectivity index (χ2n) is 6.88. The molecule has 3 aromatic rings. The first-order valence-corrected chi connectivity index (χ1v) is 11.1. The lowest BCUT2D eigenvalue weighted by Crippen LogP contribution is -2.20. The van der Waals surface area contributed by atoms with Crippen LogP contribution in [0.5, 0.6) is 5.75 Å². The largest absolute Gasteiger partial charge is 0.497 e. The van der Waals surface area contributed by atoms with Gasteiger partial charge in [0.2, 0.25) is 0 Å². The predicted octanol–water partition coefficient (Wildman–Crippen LogP) is 5.12. The van der Waals surface area contributed by atoms with Gasteiger partial charge in [0.1, 0.15) is 11.5 Å². The van der Waals surface area contributed by atoms with Crippen LogP contribution in [0, 0.1) is 0 Å². The van der Waals surface area contributed by atoms with E-state index in [0.717, 1.165) is 22.7 Å². The molecule has 152 valence electrons. The van der Waals surface area contributed by atoms with Gasteiger partial charge < -0.3 is 19.5 Å². The van der Waals surface area contributed by atoms with Crippen molar-refractivity contribution >= 4 is 24.0 Å². The van der Waals surface area contributed by atoms with E-state index < -0.39 is 13.2 Å². The summed E-state index contributed by atoms with van der Waals surface area (Å²) >= 11 is 0. The summed E-state index contributed by atoms with van der Waals surface area (Å²) in [5.41, 5.74) is 2.76. The Kier molecular flexibility index (Phi) is 6.63. The Morgan fingerprint density at radius 2 is 1.48 bits per heavy atom. The molecule has 0 aliphatic rings. The van der Waals surface area contributed by atoms with Crippen LogP contribution in [0.2, 0.25) is 0 Å². The van der Waals surface area contributed by atoms with Crippen molar-refractivity contribution < 1.29 is 13.8 Å². The fraction of sp³-hybridized carbons (Fsp3) is 0.217. The van der Waals surface area contributed by atoms with Gasteiger partial charge in [-0.05, 0) is 54.1 Å². The molecule has 6 heteroatoms. The predicted molar refractivity (Wildman–Crippen MR) is 121 cm³/mol. The fourth-order valence-electron chi connectivity index (χ4n) is 3.16. The van der Waals surface area contributed by atoms with Crippen molar-refractivity contribution in [3.8, 4) is 5.75 Å². The van der Waals surface area contributed by atoms with Gasteiger partial charge in [0.15, 0.2) is 0 Å². The lowest BCUT2D eigenvalue weighted by Gasteiger charge is -2.29. The number of nitrogens with one attached hydrogen (secondary N) is 1. The zero-order valence-electron chi connectivity index (χ0n) is 17.2. The van der Waals surface area contributed by atoms with E-state index in [4.69, 9.17) is 9.26 Å². The summed E-state index contributed by atoms with van der Waals surface area (Å²) in [7, 11) is 3.78. The van der Waals surface area contributed by atoms with E-state index in [-0.39, 0.29) is 0 Å². The molecule has 0 bridgehead atoms. The van der Waals surface area contributed by atoms with Crippen molar-refractivity contribution in [2.75, 3.05) is 38.5 Å². The van der Waals surface area contributed by atoms with Gasteiger partial charge in [-0.3, -0.25) is 4.57 Å². The van der Waals surface area contributed by atoms with Crippen molar-refractivity contribution in [2.45, 2.75) is 5.78 Å². The zero-order chi connectivity index (χ0) is 20.9. The van der Waals surface area contributed by atoms with Crippen LogP contribution >= 0.6 is 7.37 Å². The summed E-state index contributed by atoms with van der Waals surface area (Å²) in [5, 5.41) is 4.08. The topological polar surface area (TPSA) is 50.8 Å². The fourth-order valence-corrected chi connectivity index (χ4v) is 5.33. The third-order valence-corrected chi connectivity index (χ3v) is 7.51. The second-order valence-corrected chi connectivity index (χ2v) is 9.47. The lowest BCUT2D eigenvalue weighted by molar-refractivity contribution is 0.396. The summed E-state index contributed by atoms with van der Waals surface area (Å²) in [5.74, 6) is 0.195. The normalized spacial score (nSPS) is 13.9. The molecule has 0 aliphatic carbocycles. The van der Waals surface area contributed by atoms with Crippen molar-refractivity contribution in [1.29, 1.82) is 0 Å². The van der Waals surface area contributed by atoms with Gasteiger partial charge in [-0.1, -0.05) is 30.3 Å². The molecule has 0 aliphatic heterocycles. The van der Waals surface area contributed by atoms with Crippen LogP contribution in [-0.2, 0) is 9.09 Å². The summed E-state index contributed by atoms with van der Waals surface area (Å²) < 4.78 is 25.2. The van der Waals surface area contributed by atoms with E-state index in [1.54, 1.807) is 7.11 Å². The van der Waals surface area contributed by atoms with Gasteiger partial charge in [-0.25, -0.2) is 0 Å². The van der Waals surface area contributed by atoms with E-state index in [9.17, 15) is 4.57 Å². The molecule has 0 spiro atoms. The van der Waals surface area contributed by atoms with Crippen LogP contribution < -0.4 is 20.3 Å². The maximum Gasteiger partial charge on any atom is 0.257 e. The van der Waals surface area contributed by atoms with Gasteiger partial charge in [-0.15, -0.1) is 0 Å². The highest BCUT2D eigenvalue weighted by Gasteiger charge is 2.37. The molecule has 3 aromatic carbocycles. The smallest absolute Gasteiger partial charge is 0.257 e. The minimum absolute atomic E-state index is 0.550. The van der Waals surface area contributed by atoms with Crippen LogP contribution in [0.4, 0.5) is 11.4 Å². The van der Waals surface area contributed by atoms with E-state index >= 15 is 0 Å². The minimum Gasteiger partial charge on any atom is -0.497 e. The number of rotatable bonds is 8. The molecule has 3 rings (SSSR count). The van der Waals surface area contributed by atoms with Crippen LogP contribution in [-0.4, -0.2) is 28.3 Å². The molecule has 29 heavy (non-hydrogen) atoms. The molecule has 0 heterocycles. The van der Waals surface area contributed by atoms with Crippen LogP contribution in [0.3, 0.4) is 0 Å². The zero-order valence-corrected chi connectivity index (χ0v) is 18.1. The average Bonchev–Trinajstić information content (AvgIpc) is 2.78. The number of anilines is 2. The molecule has 0 saturated carbocycles. The molecule has 0 fully saturated rings. The van der Waals surface area contributed by atoms with Crippen LogP contribution in [0.1, 0.15) is 11.3 Å². The van der Waals surface area contributed by atoms with Gasteiger partial charge in [0.05, 0.1) is 7.11 Å². The minimum atomic E-state index is -3.29. The Hall–Kier alpha value is -2.75. The van der Waals surface area contributed by atoms with Crippen molar-refractivity contribution in [3.63, 3.8) is 0 Å². The summed E-state index contributed by atoms with van der Waals surface area (Å²) in [4.78, 5) is 2.00. The van der Waals surface area contributed by atoms with E-state index in [1.165, 1.54) is 7.11 Å². The maximum atomic E-state index is 14.2. The summed E-state index contributed by atoms with van der Waals surface area (Å²) in [6, 6.07) is 25.0. The third-order valence-electron chi connectivity index (χ3n) is 4.85. The van der Waals surface area contributed by atoms with Crippen LogP contribution in [0.15, 0.2) is 78.9 Å². The highest BCUT2D eigenvalue weighted by molar-refractivity contribution is 7.67. The number of hydrogen-bond acceptors (Lipinski definition) is 5. The Bertz CT molecular complexity index is 958. The average molecular weight is 410 g/mol. The molecular formula is C23H27N2O3P. The number of methoxy groups -OCH3 is 1. The van der Waals surface area contributed by atoms with Gasteiger partial charge in [-0.2, -0.15) is 0 Å². The number of ether oxygens (including phenoxy) is 1. The van der Waals surface area contributed by atoms with Crippen molar-refractivity contribution in [3.05, 3.63) is 84.4 Å². The van der Waals surface area contributed by atoms with E-state index in [1.807, 2.05) is 97.9 Å². The van der Waals surface area contributed by atoms with Crippen LogP contribution in [0.25, 0.3) is 0 Å².